The summed E-state index contributed by atoms with van der Waals surface area (Å²) in [5, 5.41) is 2.83. The molecule has 0 aromatic heterocycles. The summed E-state index contributed by atoms with van der Waals surface area (Å²) in [7, 11) is 1.50. The number of hydrogen-bond donors (Lipinski definition) is 1. The lowest BCUT2D eigenvalue weighted by Gasteiger charge is -2.32. The molecule has 1 saturated heterocycles. The highest BCUT2D eigenvalue weighted by molar-refractivity contribution is 5.94. The molecule has 6 nitrogen and oxygen atoms in total. The number of benzene rings is 2. The first kappa shape index (κ1) is 21.5. The van der Waals surface area contributed by atoms with Gasteiger partial charge in [0.25, 0.3) is 11.8 Å². The summed E-state index contributed by atoms with van der Waals surface area (Å²) < 4.78 is 50.9. The molecule has 1 aliphatic rings. The van der Waals surface area contributed by atoms with Crippen molar-refractivity contribution in [3.8, 4) is 11.5 Å². The highest BCUT2D eigenvalue weighted by atomic mass is 19.2. The van der Waals surface area contributed by atoms with Gasteiger partial charge in [-0.3, -0.25) is 9.59 Å². The summed E-state index contributed by atoms with van der Waals surface area (Å²) in [6.07, 6.45) is 0.884. The summed E-state index contributed by atoms with van der Waals surface area (Å²) in [5.41, 5.74) is -0.512. The third-order valence-electron chi connectivity index (χ3n) is 4.84. The number of halogens is 3. The minimum atomic E-state index is -1.67. The number of amides is 2. The van der Waals surface area contributed by atoms with Crippen molar-refractivity contribution >= 4 is 11.8 Å². The molecule has 0 atom stereocenters. The number of hydrogen-bond acceptors (Lipinski definition) is 4. The molecule has 3 rings (SSSR count). The van der Waals surface area contributed by atoms with Crippen molar-refractivity contribution in [2.75, 3.05) is 26.8 Å². The fourth-order valence-corrected chi connectivity index (χ4v) is 3.24. The Bertz CT molecular complexity index is 930. The number of nitrogens with one attached hydrogen (secondary N) is 1. The predicted molar refractivity (Wildman–Crippen MR) is 102 cm³/mol. The maximum Gasteiger partial charge on any atom is 0.258 e. The van der Waals surface area contributed by atoms with Crippen molar-refractivity contribution in [1.82, 2.24) is 10.2 Å². The number of piperidine rings is 1. The Hall–Kier alpha value is -3.23. The van der Waals surface area contributed by atoms with E-state index in [-0.39, 0.29) is 31.6 Å². The maximum absolute atomic E-state index is 13.9. The minimum Gasteiger partial charge on any atom is -0.493 e. The highest BCUT2D eigenvalue weighted by Gasteiger charge is 2.28. The van der Waals surface area contributed by atoms with Crippen LogP contribution < -0.4 is 14.8 Å². The van der Waals surface area contributed by atoms with Gasteiger partial charge in [-0.25, -0.2) is 13.2 Å². The standard InChI is InChI=1S/C21H21F3N2O4/c1-29-16-4-2-3-5-17(16)30-12-18(27)25-13-8-10-26(11-9-13)21(28)14-6-7-15(22)20(24)19(14)23/h2-7,13H,8-12H2,1H3,(H,25,27). The molecule has 2 aromatic rings. The van der Waals surface area contributed by atoms with Gasteiger partial charge in [-0.1, -0.05) is 12.1 Å². The Labute approximate surface area is 171 Å². The zero-order valence-corrected chi connectivity index (χ0v) is 16.3. The first-order chi connectivity index (χ1) is 14.4. The average Bonchev–Trinajstić information content (AvgIpc) is 2.76. The first-order valence-corrected chi connectivity index (χ1v) is 9.38. The van der Waals surface area contributed by atoms with Crippen molar-refractivity contribution in [3.63, 3.8) is 0 Å². The van der Waals surface area contributed by atoms with E-state index in [1.165, 1.54) is 12.0 Å². The summed E-state index contributed by atoms with van der Waals surface area (Å²) in [6.45, 7) is 0.296. The van der Waals surface area contributed by atoms with Gasteiger partial charge in [0.1, 0.15) is 0 Å². The van der Waals surface area contributed by atoms with E-state index >= 15 is 0 Å². The molecule has 0 unspecified atom stereocenters. The maximum atomic E-state index is 13.9. The Morgan fingerprint density at radius 2 is 1.70 bits per heavy atom. The molecule has 1 aliphatic heterocycles. The van der Waals surface area contributed by atoms with Crippen LogP contribution in [0.4, 0.5) is 13.2 Å². The lowest BCUT2D eigenvalue weighted by molar-refractivity contribution is -0.124. The number of para-hydroxylation sites is 2. The Balaban J connectivity index is 1.49. The van der Waals surface area contributed by atoms with Crippen LogP contribution in [0.15, 0.2) is 36.4 Å². The Morgan fingerprint density at radius 1 is 1.03 bits per heavy atom. The van der Waals surface area contributed by atoms with Crippen molar-refractivity contribution in [2.45, 2.75) is 18.9 Å². The van der Waals surface area contributed by atoms with Crippen LogP contribution in [0.3, 0.4) is 0 Å². The van der Waals surface area contributed by atoms with Crippen LogP contribution in [0.5, 0.6) is 11.5 Å². The molecule has 0 radical (unpaired) electrons. The van der Waals surface area contributed by atoms with Gasteiger partial charge in [-0.2, -0.15) is 0 Å². The van der Waals surface area contributed by atoms with E-state index < -0.39 is 28.9 Å². The van der Waals surface area contributed by atoms with E-state index in [9.17, 15) is 22.8 Å². The van der Waals surface area contributed by atoms with E-state index in [0.717, 1.165) is 12.1 Å². The molecule has 0 bridgehead atoms. The molecular formula is C21H21F3N2O4. The lowest BCUT2D eigenvalue weighted by atomic mass is 10.0. The molecule has 1 fully saturated rings. The molecular weight excluding hydrogens is 401 g/mol. The van der Waals surface area contributed by atoms with E-state index in [1.54, 1.807) is 24.3 Å². The van der Waals surface area contributed by atoms with Crippen molar-refractivity contribution in [2.24, 2.45) is 0 Å². The van der Waals surface area contributed by atoms with Gasteiger partial charge in [0.15, 0.2) is 35.6 Å². The van der Waals surface area contributed by atoms with Crippen LogP contribution in [0.2, 0.25) is 0 Å². The molecule has 2 amide bonds. The van der Waals surface area contributed by atoms with Gasteiger partial charge in [0.05, 0.1) is 12.7 Å². The first-order valence-electron chi connectivity index (χ1n) is 9.38. The lowest BCUT2D eigenvalue weighted by Crippen LogP contribution is -2.47. The molecule has 30 heavy (non-hydrogen) atoms. The molecule has 0 aliphatic carbocycles. The Kier molecular flexibility index (Phi) is 6.81. The van der Waals surface area contributed by atoms with Gasteiger partial charge in [-0.15, -0.1) is 0 Å². The molecule has 1 heterocycles. The molecule has 9 heteroatoms. The third kappa shape index (κ3) is 4.84. The SMILES string of the molecule is COc1ccccc1OCC(=O)NC1CCN(C(=O)c2ccc(F)c(F)c2F)CC1. The Morgan fingerprint density at radius 3 is 2.37 bits per heavy atom. The molecule has 0 saturated carbocycles. The van der Waals surface area contributed by atoms with Crippen LogP contribution in [0, 0.1) is 17.5 Å². The fraction of sp³-hybridized carbons (Fsp3) is 0.333. The molecule has 2 aromatic carbocycles. The number of ether oxygens (including phenoxy) is 2. The third-order valence-corrected chi connectivity index (χ3v) is 4.84. The van der Waals surface area contributed by atoms with E-state index in [4.69, 9.17) is 9.47 Å². The number of rotatable bonds is 6. The second kappa shape index (κ2) is 9.51. The summed E-state index contributed by atoms with van der Waals surface area (Å²) >= 11 is 0. The molecule has 1 N–H and O–H groups in total. The van der Waals surface area contributed by atoms with E-state index in [2.05, 4.69) is 5.32 Å². The normalized spacial score (nSPS) is 14.3. The van der Waals surface area contributed by atoms with Crippen molar-refractivity contribution in [1.29, 1.82) is 0 Å². The highest BCUT2D eigenvalue weighted by Crippen LogP contribution is 2.25. The van der Waals surface area contributed by atoms with Gasteiger partial charge >= 0.3 is 0 Å². The smallest absolute Gasteiger partial charge is 0.258 e. The zero-order chi connectivity index (χ0) is 21.7. The van der Waals surface area contributed by atoms with Crippen LogP contribution in [0.25, 0.3) is 0 Å². The average molecular weight is 422 g/mol. The number of carbonyl (C=O) groups is 2. The van der Waals surface area contributed by atoms with E-state index in [0.29, 0.717) is 24.3 Å². The predicted octanol–water partition coefficient (Wildman–Crippen LogP) is 2.91. The number of nitrogens with zero attached hydrogens (tertiary/aromatic N) is 1. The van der Waals surface area contributed by atoms with Gasteiger partial charge < -0.3 is 19.7 Å². The fourth-order valence-electron chi connectivity index (χ4n) is 3.24. The molecule has 0 spiro atoms. The summed E-state index contributed by atoms with van der Waals surface area (Å²) in [5.74, 6) is -4.58. The second-order valence-corrected chi connectivity index (χ2v) is 6.80. The number of methoxy groups -OCH3 is 1. The van der Waals surface area contributed by atoms with E-state index in [1.807, 2.05) is 0 Å². The quantitative estimate of drug-likeness (QED) is 0.727. The molecule has 160 valence electrons. The minimum absolute atomic E-state index is 0.183. The van der Waals surface area contributed by atoms with Gasteiger partial charge in [-0.05, 0) is 37.1 Å². The van der Waals surface area contributed by atoms with Gasteiger partial charge in [0, 0.05) is 19.1 Å². The van der Waals surface area contributed by atoms with Crippen LogP contribution in [-0.4, -0.2) is 49.6 Å². The summed E-state index contributed by atoms with van der Waals surface area (Å²) in [4.78, 5) is 25.9. The monoisotopic (exact) mass is 422 g/mol. The number of carbonyl (C=O) groups excluding carboxylic acids is 2. The van der Waals surface area contributed by atoms with Crippen molar-refractivity contribution < 1.29 is 32.2 Å². The summed E-state index contributed by atoms with van der Waals surface area (Å²) in [6, 6.07) is 8.42. The van der Waals surface area contributed by atoms with Gasteiger partial charge in [0.2, 0.25) is 0 Å². The van der Waals surface area contributed by atoms with Crippen LogP contribution >= 0.6 is 0 Å². The largest absolute Gasteiger partial charge is 0.493 e. The van der Waals surface area contributed by atoms with Crippen LogP contribution in [-0.2, 0) is 4.79 Å². The van der Waals surface area contributed by atoms with Crippen molar-refractivity contribution in [3.05, 3.63) is 59.4 Å². The number of likely N-dealkylation sites (tertiary alicyclic amines) is 1. The zero-order valence-electron chi connectivity index (χ0n) is 16.3. The van der Waals surface area contributed by atoms with Crippen LogP contribution in [0.1, 0.15) is 23.2 Å². The topological polar surface area (TPSA) is 67.9 Å². The second-order valence-electron chi connectivity index (χ2n) is 6.80.